The van der Waals surface area contributed by atoms with Crippen molar-refractivity contribution in [3.8, 4) is 0 Å². The summed E-state index contributed by atoms with van der Waals surface area (Å²) in [5.74, 6) is 0. The standard InChI is InChI=1S/C5H5GeNO/c8-5-6-3-1-2-4-7-6/h1-5H. The quantitative estimate of drug-likeness (QED) is 0.417. The van der Waals surface area contributed by atoms with Crippen LogP contribution in [-0.4, -0.2) is 19.3 Å². The zero-order valence-corrected chi connectivity index (χ0v) is 6.34. The second-order valence-electron chi connectivity index (χ2n) is 1.37. The fraction of sp³-hybridized carbons (Fsp3) is 0. The normalized spacial score (nSPS) is 15.8. The predicted molar refractivity (Wildman–Crippen MR) is 33.2 cm³/mol. The van der Waals surface area contributed by atoms with E-state index in [1.807, 2.05) is 17.1 Å². The monoisotopic (exact) mass is 169 g/mol. The second-order valence-corrected chi connectivity index (χ2v) is 4.89. The Morgan fingerprint density at radius 1 is 1.50 bits per heavy atom. The van der Waals surface area contributed by atoms with Crippen LogP contribution in [0.2, 0.25) is 0 Å². The van der Waals surface area contributed by atoms with Gasteiger partial charge in [0.05, 0.1) is 0 Å². The molecule has 0 unspecified atom stereocenters. The zero-order valence-electron chi connectivity index (χ0n) is 4.24. The van der Waals surface area contributed by atoms with Gasteiger partial charge in [-0.25, -0.2) is 0 Å². The minimum atomic E-state index is -1.67. The summed E-state index contributed by atoms with van der Waals surface area (Å²) in [4.78, 5) is 12.0. The molecule has 0 saturated heterocycles. The summed E-state index contributed by atoms with van der Waals surface area (Å²) in [6.45, 7) is 0. The van der Waals surface area contributed by atoms with Crippen LogP contribution in [0.3, 0.4) is 0 Å². The van der Waals surface area contributed by atoms with Crippen molar-refractivity contribution in [1.82, 2.24) is 0 Å². The fourth-order valence-electron chi connectivity index (χ4n) is 0.446. The number of hydrogen-bond acceptors (Lipinski definition) is 2. The summed E-state index contributed by atoms with van der Waals surface area (Å²) in [7, 11) is 0. The summed E-state index contributed by atoms with van der Waals surface area (Å²) in [5.41, 5.74) is 0. The number of carbonyl (C=O) groups is 1. The topological polar surface area (TPSA) is 29.4 Å². The molecule has 0 amide bonds. The molecular formula is C5H5GeNO. The van der Waals surface area contributed by atoms with E-state index in [1.54, 1.807) is 6.20 Å². The molecule has 0 N–H and O–H groups in total. The average molecular weight is 168 g/mol. The number of carbonyl (C=O) groups excluding carboxylic acids is 1. The average Bonchev–Trinajstić information content (AvgIpc) is 1.90. The predicted octanol–water partition coefficient (Wildman–Crippen LogP) is 0.641. The molecule has 1 heterocycles. The van der Waals surface area contributed by atoms with E-state index in [0.29, 0.717) is 0 Å². The molecule has 0 aliphatic carbocycles. The van der Waals surface area contributed by atoms with Crippen LogP contribution < -0.4 is 0 Å². The van der Waals surface area contributed by atoms with Crippen LogP contribution in [0.5, 0.6) is 0 Å². The van der Waals surface area contributed by atoms with Crippen LogP contribution in [0.15, 0.2) is 27.2 Å². The molecule has 1 aliphatic heterocycles. The number of hydrogen-bond donors (Lipinski definition) is 0. The molecule has 0 aromatic heterocycles. The third kappa shape index (κ3) is 1.23. The van der Waals surface area contributed by atoms with Gasteiger partial charge in [0.15, 0.2) is 0 Å². The molecule has 8 heavy (non-hydrogen) atoms. The van der Waals surface area contributed by atoms with Crippen molar-refractivity contribution >= 4 is 19.3 Å². The van der Waals surface area contributed by atoms with Crippen LogP contribution in [0.4, 0.5) is 0 Å². The van der Waals surface area contributed by atoms with E-state index in [2.05, 4.69) is 3.90 Å². The van der Waals surface area contributed by atoms with E-state index in [-0.39, 0.29) is 0 Å². The van der Waals surface area contributed by atoms with E-state index >= 15 is 0 Å². The van der Waals surface area contributed by atoms with Crippen molar-refractivity contribution < 1.29 is 4.79 Å². The van der Waals surface area contributed by atoms with Gasteiger partial charge in [0, 0.05) is 0 Å². The van der Waals surface area contributed by atoms with E-state index in [4.69, 9.17) is 0 Å². The summed E-state index contributed by atoms with van der Waals surface area (Å²) in [6.07, 6.45) is 5.42. The van der Waals surface area contributed by atoms with Crippen LogP contribution in [0.25, 0.3) is 0 Å². The molecule has 1 rings (SSSR count). The summed E-state index contributed by atoms with van der Waals surface area (Å²) in [5, 5.41) is 0.972. The van der Waals surface area contributed by atoms with Crippen LogP contribution in [0, 0.1) is 0 Å². The van der Waals surface area contributed by atoms with Gasteiger partial charge < -0.3 is 0 Å². The summed E-state index contributed by atoms with van der Waals surface area (Å²) in [6, 6.07) is 0. The third-order valence-corrected chi connectivity index (χ3v) is 3.37. The van der Waals surface area contributed by atoms with Gasteiger partial charge in [-0.3, -0.25) is 0 Å². The Morgan fingerprint density at radius 3 is 2.75 bits per heavy atom. The zero-order chi connectivity index (χ0) is 5.82. The molecule has 1 aliphatic rings. The van der Waals surface area contributed by atoms with Gasteiger partial charge >= 0.3 is 51.2 Å². The van der Waals surface area contributed by atoms with Gasteiger partial charge in [-0.15, -0.1) is 0 Å². The molecule has 0 bridgehead atoms. The van der Waals surface area contributed by atoms with Crippen LogP contribution >= 0.6 is 0 Å². The third-order valence-electron chi connectivity index (χ3n) is 0.809. The number of nitrogens with zero attached hydrogens (tertiary/aromatic N) is 1. The van der Waals surface area contributed by atoms with E-state index in [9.17, 15) is 4.79 Å². The van der Waals surface area contributed by atoms with Gasteiger partial charge in [0.2, 0.25) is 0 Å². The molecule has 0 saturated carbocycles. The minimum absolute atomic E-state index is 0.972. The Bertz CT molecular complexity index is 181. The summed E-state index contributed by atoms with van der Waals surface area (Å²) < 4.78 is 3.98. The van der Waals surface area contributed by atoms with Crippen molar-refractivity contribution in [3.05, 3.63) is 23.3 Å². The van der Waals surface area contributed by atoms with Gasteiger partial charge in [-0.05, 0) is 0 Å². The first-order valence-corrected chi connectivity index (χ1v) is 5.66. The molecular weight excluding hydrogens is 163 g/mol. The van der Waals surface area contributed by atoms with Crippen molar-refractivity contribution in [2.75, 3.05) is 0 Å². The SMILES string of the molecule is O=[CH][Ge]1=[N]C=CC=[CH]1. The Labute approximate surface area is 51.8 Å². The number of rotatable bonds is 1. The molecule has 2 nitrogen and oxygen atoms in total. The Balaban J connectivity index is 2.82. The van der Waals surface area contributed by atoms with Crippen molar-refractivity contribution in [2.45, 2.75) is 0 Å². The molecule has 0 aromatic rings. The second kappa shape index (κ2) is 2.72. The van der Waals surface area contributed by atoms with E-state index < -0.39 is 14.2 Å². The Hall–Kier alpha value is -0.507. The van der Waals surface area contributed by atoms with Crippen LogP contribution in [0.1, 0.15) is 0 Å². The molecule has 3 heteroatoms. The first kappa shape index (κ1) is 5.63. The maximum absolute atomic E-state index is 10.1. The van der Waals surface area contributed by atoms with Crippen molar-refractivity contribution in [3.63, 3.8) is 0 Å². The maximum atomic E-state index is 10.1. The first-order chi connectivity index (χ1) is 3.93. The Kier molecular flexibility index (Phi) is 1.91. The first-order valence-electron chi connectivity index (χ1n) is 2.29. The van der Waals surface area contributed by atoms with Gasteiger partial charge in [0.25, 0.3) is 0 Å². The van der Waals surface area contributed by atoms with Gasteiger partial charge in [0.1, 0.15) is 0 Å². The van der Waals surface area contributed by atoms with E-state index in [1.165, 1.54) is 0 Å². The molecule has 0 atom stereocenters. The van der Waals surface area contributed by atoms with Crippen molar-refractivity contribution in [2.24, 2.45) is 3.90 Å². The summed E-state index contributed by atoms with van der Waals surface area (Å²) >= 11 is -1.67. The molecule has 0 radical (unpaired) electrons. The fourth-order valence-corrected chi connectivity index (χ4v) is 2.11. The Morgan fingerprint density at radius 2 is 2.38 bits per heavy atom. The van der Waals surface area contributed by atoms with Crippen molar-refractivity contribution in [1.29, 1.82) is 0 Å². The van der Waals surface area contributed by atoms with Gasteiger partial charge in [-0.1, -0.05) is 0 Å². The van der Waals surface area contributed by atoms with E-state index in [0.717, 1.165) is 5.12 Å². The molecule has 0 spiro atoms. The molecule has 0 aromatic carbocycles. The van der Waals surface area contributed by atoms with Gasteiger partial charge in [-0.2, -0.15) is 0 Å². The number of allylic oxidation sites excluding steroid dienone is 2. The van der Waals surface area contributed by atoms with Crippen LogP contribution in [-0.2, 0) is 4.79 Å². The molecule has 0 fully saturated rings. The molecule has 40 valence electrons.